The van der Waals surface area contributed by atoms with Crippen LogP contribution in [0.1, 0.15) is 110 Å². The van der Waals surface area contributed by atoms with Gasteiger partial charge in [0.15, 0.2) is 0 Å². The van der Waals surface area contributed by atoms with Crippen LogP contribution in [0.15, 0.2) is 38.0 Å². The average molecular weight is 495 g/mol. The predicted octanol–water partition coefficient (Wildman–Crippen LogP) is 3.60. The Morgan fingerprint density at radius 2 is 0.706 bits per heavy atom. The van der Waals surface area contributed by atoms with Gasteiger partial charge in [0.05, 0.1) is 17.9 Å². The quantitative estimate of drug-likeness (QED) is 0.154. The second-order valence-electron chi connectivity index (χ2n) is 7.62. The number of carbonyl (C=O) groups excluding carboxylic acids is 3. The number of rotatable bonds is 19. The molecule has 0 heterocycles. The second-order valence-corrected chi connectivity index (χ2v) is 8.12. The van der Waals surface area contributed by atoms with E-state index in [1.54, 1.807) is 0 Å². The van der Waals surface area contributed by atoms with Crippen molar-refractivity contribution < 1.29 is 29.7 Å². The minimum atomic E-state index is -1.23. The van der Waals surface area contributed by atoms with Crippen LogP contribution in [0.3, 0.4) is 0 Å². The zero-order chi connectivity index (χ0) is 26.9. The van der Waals surface area contributed by atoms with Gasteiger partial charge in [-0.2, -0.15) is 0 Å². The number of unbranched alkanes of at least 4 members (excludes halogenated alkanes) is 15. The van der Waals surface area contributed by atoms with Gasteiger partial charge in [0.1, 0.15) is 0 Å². The van der Waals surface area contributed by atoms with Crippen molar-refractivity contribution in [3.05, 3.63) is 38.0 Å². The fraction of sp³-hybridized carbons (Fsp3) is 0.667. The topological polar surface area (TPSA) is 120 Å². The van der Waals surface area contributed by atoms with Gasteiger partial charge in [-0.05, 0) is 18.2 Å². The fourth-order valence-electron chi connectivity index (χ4n) is 2.67. The third-order valence-corrected chi connectivity index (χ3v) is 4.88. The first-order valence-corrected chi connectivity index (χ1v) is 13.1. The van der Waals surface area contributed by atoms with Crippen molar-refractivity contribution in [1.29, 1.82) is 0 Å². The molecule has 0 saturated carbocycles. The Balaban J connectivity index is -0.000000242. The van der Waals surface area contributed by atoms with Gasteiger partial charge in [-0.3, -0.25) is 0 Å². The normalized spacial score (nSPS) is 9.03. The molecule has 34 heavy (non-hydrogen) atoms. The monoisotopic (exact) mass is 494 g/mol. The van der Waals surface area contributed by atoms with Gasteiger partial charge in [-0.1, -0.05) is 58.8 Å². The van der Waals surface area contributed by atoms with E-state index in [9.17, 15) is 0 Å². The first-order valence-electron chi connectivity index (χ1n) is 12.4. The van der Waals surface area contributed by atoms with Gasteiger partial charge in [0, 0.05) is 0 Å². The zero-order valence-electron chi connectivity index (χ0n) is 21.3. The Morgan fingerprint density at radius 3 is 0.853 bits per heavy atom. The van der Waals surface area contributed by atoms with E-state index >= 15 is 0 Å². The van der Waals surface area contributed by atoms with Crippen LogP contribution in [0.2, 0.25) is 6.04 Å². The molecule has 0 bridgehead atoms. The van der Waals surface area contributed by atoms with Crippen LogP contribution in [0.5, 0.6) is 0 Å². The van der Waals surface area contributed by atoms with Crippen LogP contribution >= 0.6 is 0 Å². The number of aliphatic carboxylic acids is 3. The Morgan fingerprint density at radius 1 is 0.529 bits per heavy atom. The standard InChI is InChI=1S/C18H37Si.3C3H4O2/c1-2-3-4-5-6-7-8-9-10-11-12-13-14-15-16-17-18-19;3*1-2-3(4)5/h2-18H2,1H3;3*2H,1H2,(H,4,5)/q+3;;;/p-3. The molecule has 0 aliphatic rings. The van der Waals surface area contributed by atoms with E-state index in [4.69, 9.17) is 29.7 Å². The van der Waals surface area contributed by atoms with Crippen LogP contribution < -0.4 is 15.3 Å². The van der Waals surface area contributed by atoms with Gasteiger partial charge in [-0.15, -0.1) is 0 Å². The zero-order valence-corrected chi connectivity index (χ0v) is 22.3. The number of hydrogen-bond donors (Lipinski definition) is 0. The van der Waals surface area contributed by atoms with E-state index in [0.717, 1.165) is 18.2 Å². The second kappa shape index (κ2) is 38.1. The maximum atomic E-state index is 9.14. The van der Waals surface area contributed by atoms with Crippen molar-refractivity contribution in [2.45, 2.75) is 116 Å². The van der Waals surface area contributed by atoms with Crippen LogP contribution in [-0.2, 0) is 14.4 Å². The molecule has 0 aromatic rings. The number of carboxylic acids is 3. The van der Waals surface area contributed by atoms with Crippen LogP contribution in [-0.4, -0.2) is 28.2 Å². The molecular formula is C27H46O6Si. The maximum absolute atomic E-state index is 9.14. The number of hydrogen-bond acceptors (Lipinski definition) is 6. The molecule has 0 radical (unpaired) electrons. The molecule has 0 fully saturated rings. The summed E-state index contributed by atoms with van der Waals surface area (Å²) in [6, 6.07) is 1.18. The van der Waals surface area contributed by atoms with Crippen molar-refractivity contribution in [1.82, 2.24) is 0 Å². The van der Waals surface area contributed by atoms with E-state index < -0.39 is 17.9 Å². The summed E-state index contributed by atoms with van der Waals surface area (Å²) >= 11 is 0. The van der Waals surface area contributed by atoms with Gasteiger partial charge in [0.2, 0.25) is 0 Å². The summed E-state index contributed by atoms with van der Waals surface area (Å²) in [5, 5.41) is 27.4. The first-order chi connectivity index (χ1) is 16.2. The van der Waals surface area contributed by atoms with E-state index in [-0.39, 0.29) is 0 Å². The Hall–Kier alpha value is -2.15. The van der Waals surface area contributed by atoms with Gasteiger partial charge < -0.3 is 29.7 Å². The molecule has 7 heteroatoms. The van der Waals surface area contributed by atoms with Crippen LogP contribution in [0.4, 0.5) is 0 Å². The number of carboxylic acid groups (broad SMARTS) is 3. The molecule has 0 spiro atoms. The molecule has 0 aliphatic heterocycles. The summed E-state index contributed by atoms with van der Waals surface area (Å²) in [5.41, 5.74) is 0. The van der Waals surface area contributed by atoms with E-state index in [2.05, 4.69) is 36.9 Å². The predicted molar refractivity (Wildman–Crippen MR) is 136 cm³/mol. The Kier molecular flexibility index (Phi) is 43.8. The molecule has 0 aromatic heterocycles. The molecule has 0 N–H and O–H groups in total. The summed E-state index contributed by atoms with van der Waals surface area (Å²) in [4.78, 5) is 27.4. The molecule has 0 aliphatic carbocycles. The molecule has 0 atom stereocenters. The van der Waals surface area contributed by atoms with Crippen molar-refractivity contribution in [2.75, 3.05) is 0 Å². The first kappa shape index (κ1) is 39.1. The summed E-state index contributed by atoms with van der Waals surface area (Å²) in [5.74, 6) is -3.69. The van der Waals surface area contributed by atoms with Crippen molar-refractivity contribution in [3.8, 4) is 0 Å². The van der Waals surface area contributed by atoms with Gasteiger partial charge in [0.25, 0.3) is 0 Å². The van der Waals surface area contributed by atoms with Crippen molar-refractivity contribution in [2.24, 2.45) is 0 Å². The summed E-state index contributed by atoms with van der Waals surface area (Å²) in [7, 11) is 3.53. The van der Waals surface area contributed by atoms with E-state index in [1.165, 1.54) is 109 Å². The summed E-state index contributed by atoms with van der Waals surface area (Å²) < 4.78 is 0. The molecule has 0 rings (SSSR count). The van der Waals surface area contributed by atoms with E-state index in [1.807, 2.05) is 0 Å². The Bertz CT molecular complexity index is 433. The molecular weight excluding hydrogens is 448 g/mol. The molecule has 0 aromatic carbocycles. The fourth-order valence-corrected chi connectivity index (χ4v) is 2.92. The third-order valence-electron chi connectivity index (χ3n) is 4.53. The summed E-state index contributed by atoms with van der Waals surface area (Å²) in [6.45, 7) is 11.0. The van der Waals surface area contributed by atoms with Crippen LogP contribution in [0, 0.1) is 0 Å². The molecule has 0 unspecified atom stereocenters. The van der Waals surface area contributed by atoms with Crippen molar-refractivity contribution >= 4 is 28.2 Å². The SMILES string of the molecule is C=CC(=O)[O-].C=CC(=O)[O-].C=CC(=O)[O-].CCCCCCCCCCCCCCCCCC[Si+3]. The Labute approximate surface area is 211 Å². The average Bonchev–Trinajstić information content (AvgIpc) is 2.82. The van der Waals surface area contributed by atoms with Gasteiger partial charge in [-0.25, -0.2) is 0 Å². The molecule has 0 amide bonds. The molecule has 6 nitrogen and oxygen atoms in total. The van der Waals surface area contributed by atoms with Crippen LogP contribution in [0.25, 0.3) is 0 Å². The summed E-state index contributed by atoms with van der Waals surface area (Å²) in [6.07, 6.45) is 25.4. The van der Waals surface area contributed by atoms with E-state index in [0.29, 0.717) is 0 Å². The third kappa shape index (κ3) is 63.1. The molecule has 0 saturated heterocycles. The van der Waals surface area contributed by atoms with Gasteiger partial charge >= 0.3 is 86.9 Å². The number of carbonyl (C=O) groups is 3. The van der Waals surface area contributed by atoms with Crippen molar-refractivity contribution in [3.63, 3.8) is 0 Å². The minimum absolute atomic E-state index is 0.722. The molecule has 194 valence electrons.